The van der Waals surface area contributed by atoms with Gasteiger partial charge in [0.1, 0.15) is 5.75 Å². The van der Waals surface area contributed by atoms with Crippen molar-refractivity contribution in [2.75, 3.05) is 25.0 Å². The van der Waals surface area contributed by atoms with Crippen molar-refractivity contribution in [2.45, 2.75) is 31.9 Å². The fourth-order valence-electron chi connectivity index (χ4n) is 4.09. The third-order valence-corrected chi connectivity index (χ3v) is 5.70. The number of anilines is 1. The minimum Gasteiger partial charge on any atom is -0.506 e. The topological polar surface area (TPSA) is 85.7 Å². The summed E-state index contributed by atoms with van der Waals surface area (Å²) in [6, 6.07) is 15.3. The number of carbonyl (C=O) groups is 1. The lowest BCUT2D eigenvalue weighted by molar-refractivity contribution is -0.119. The Kier molecular flexibility index (Phi) is 6.26. The number of para-hydroxylation sites is 1. The number of aliphatic hydroxyl groups is 1. The molecule has 0 aliphatic carbocycles. The monoisotopic (exact) mass is 405 g/mol. The van der Waals surface area contributed by atoms with Crippen molar-refractivity contribution < 1.29 is 15.0 Å². The summed E-state index contributed by atoms with van der Waals surface area (Å²) < 4.78 is 0. The van der Waals surface area contributed by atoms with Gasteiger partial charge in [-0.25, -0.2) is 0 Å². The van der Waals surface area contributed by atoms with Crippen molar-refractivity contribution >= 4 is 22.4 Å². The number of phenolic OH excluding ortho intramolecular Hbond substituents is 1. The number of carbonyl (C=O) groups excluding carboxylic acids is 1. The molecular weight excluding hydrogens is 378 g/mol. The molecule has 0 spiro atoms. The van der Waals surface area contributed by atoms with E-state index in [9.17, 15) is 15.0 Å². The average Bonchev–Trinajstić information content (AvgIpc) is 2.76. The molecule has 3 aromatic rings. The minimum atomic E-state index is -0.116. The standard InChI is InChI=1S/C24H27N3O3/c28-16-19-3-1-5-23(30)24(19)26-20-8-11-27(12-9-20)15-21(29)14-17-6-7-22-18(13-17)4-2-10-25-22/h1-7,10,13,20,26,28,30H,8-9,11-12,14-16H2. The van der Waals surface area contributed by atoms with Crippen LogP contribution in [0, 0.1) is 0 Å². The van der Waals surface area contributed by atoms with Gasteiger partial charge in [-0.3, -0.25) is 14.7 Å². The minimum absolute atomic E-state index is 0.116. The molecule has 0 bridgehead atoms. The van der Waals surface area contributed by atoms with Gasteiger partial charge in [0, 0.05) is 42.7 Å². The van der Waals surface area contributed by atoms with Crippen LogP contribution in [0.4, 0.5) is 5.69 Å². The van der Waals surface area contributed by atoms with Gasteiger partial charge in [0.25, 0.3) is 0 Å². The van der Waals surface area contributed by atoms with Crippen LogP contribution in [0.5, 0.6) is 5.75 Å². The van der Waals surface area contributed by atoms with Crippen LogP contribution in [0.15, 0.2) is 54.7 Å². The molecule has 6 heteroatoms. The van der Waals surface area contributed by atoms with Gasteiger partial charge in [-0.15, -0.1) is 0 Å². The van der Waals surface area contributed by atoms with Gasteiger partial charge in [0.05, 0.1) is 24.4 Å². The quantitative estimate of drug-likeness (QED) is 0.524. The van der Waals surface area contributed by atoms with Gasteiger partial charge in [0.2, 0.25) is 0 Å². The lowest BCUT2D eigenvalue weighted by Gasteiger charge is -2.33. The molecule has 1 aliphatic heterocycles. The number of Topliss-reactive ketones (excluding diaryl/α,β-unsaturated/α-hetero) is 1. The van der Waals surface area contributed by atoms with Crippen LogP contribution in [0.1, 0.15) is 24.0 Å². The zero-order valence-corrected chi connectivity index (χ0v) is 16.9. The highest BCUT2D eigenvalue weighted by molar-refractivity contribution is 5.85. The molecule has 156 valence electrons. The third-order valence-electron chi connectivity index (χ3n) is 5.70. The van der Waals surface area contributed by atoms with Crippen molar-refractivity contribution in [1.82, 2.24) is 9.88 Å². The number of hydrogen-bond acceptors (Lipinski definition) is 6. The molecule has 1 aliphatic rings. The highest BCUT2D eigenvalue weighted by atomic mass is 16.3. The Hall–Kier alpha value is -2.96. The first kappa shape index (κ1) is 20.3. The van der Waals surface area contributed by atoms with E-state index < -0.39 is 0 Å². The van der Waals surface area contributed by atoms with Crippen LogP contribution in [-0.2, 0) is 17.8 Å². The number of pyridine rings is 1. The molecule has 1 saturated heterocycles. The molecule has 0 unspecified atom stereocenters. The first-order valence-electron chi connectivity index (χ1n) is 10.4. The number of phenols is 1. The number of benzene rings is 2. The van der Waals surface area contributed by atoms with Gasteiger partial charge >= 0.3 is 0 Å². The fourth-order valence-corrected chi connectivity index (χ4v) is 4.09. The number of aromatic hydroxyl groups is 1. The van der Waals surface area contributed by atoms with Crippen LogP contribution >= 0.6 is 0 Å². The van der Waals surface area contributed by atoms with Crippen LogP contribution in [-0.4, -0.2) is 51.6 Å². The average molecular weight is 405 g/mol. The van der Waals surface area contributed by atoms with Crippen LogP contribution in [0.3, 0.4) is 0 Å². The van der Waals surface area contributed by atoms with E-state index in [0.717, 1.165) is 42.4 Å². The van der Waals surface area contributed by atoms with Crippen molar-refractivity contribution in [3.05, 3.63) is 65.9 Å². The number of likely N-dealkylation sites (tertiary alicyclic amines) is 1. The number of aliphatic hydroxyl groups excluding tert-OH is 1. The molecule has 1 fully saturated rings. The van der Waals surface area contributed by atoms with E-state index in [-0.39, 0.29) is 24.2 Å². The van der Waals surface area contributed by atoms with E-state index in [0.29, 0.717) is 24.2 Å². The Labute approximate surface area is 176 Å². The largest absolute Gasteiger partial charge is 0.506 e. The molecule has 30 heavy (non-hydrogen) atoms. The predicted molar refractivity (Wildman–Crippen MR) is 118 cm³/mol. The van der Waals surface area contributed by atoms with Gasteiger partial charge in [0.15, 0.2) is 5.78 Å². The molecular formula is C24H27N3O3. The van der Waals surface area contributed by atoms with Crippen LogP contribution in [0.2, 0.25) is 0 Å². The second-order valence-corrected chi connectivity index (χ2v) is 7.91. The molecule has 4 rings (SSSR count). The number of rotatable bonds is 7. The number of piperidine rings is 1. The number of fused-ring (bicyclic) bond motifs is 1. The highest BCUT2D eigenvalue weighted by Gasteiger charge is 2.22. The predicted octanol–water partition coefficient (Wildman–Crippen LogP) is 3.12. The zero-order chi connectivity index (χ0) is 20.9. The Morgan fingerprint density at radius 3 is 2.77 bits per heavy atom. The maximum atomic E-state index is 12.6. The summed E-state index contributed by atoms with van der Waals surface area (Å²) in [6.07, 6.45) is 3.97. The smallest absolute Gasteiger partial charge is 0.151 e. The summed E-state index contributed by atoms with van der Waals surface area (Å²) in [5, 5.41) is 24.0. The molecule has 6 nitrogen and oxygen atoms in total. The third kappa shape index (κ3) is 4.78. The summed E-state index contributed by atoms with van der Waals surface area (Å²) in [5.41, 5.74) is 3.27. The van der Waals surface area contributed by atoms with E-state index in [2.05, 4.69) is 15.2 Å². The lowest BCUT2D eigenvalue weighted by atomic mass is 10.0. The van der Waals surface area contributed by atoms with Crippen molar-refractivity contribution in [1.29, 1.82) is 0 Å². The van der Waals surface area contributed by atoms with Gasteiger partial charge in [-0.05, 0) is 42.7 Å². The Balaban J connectivity index is 1.28. The molecule has 2 aromatic carbocycles. The molecule has 3 N–H and O–H groups in total. The molecule has 1 aromatic heterocycles. The highest BCUT2D eigenvalue weighted by Crippen LogP contribution is 2.29. The van der Waals surface area contributed by atoms with Crippen molar-refractivity contribution in [3.63, 3.8) is 0 Å². The summed E-state index contributed by atoms with van der Waals surface area (Å²) in [4.78, 5) is 19.1. The van der Waals surface area contributed by atoms with Gasteiger partial charge in [-0.2, -0.15) is 0 Å². The van der Waals surface area contributed by atoms with E-state index >= 15 is 0 Å². The molecule has 0 saturated carbocycles. The van der Waals surface area contributed by atoms with Gasteiger partial charge < -0.3 is 15.5 Å². The summed E-state index contributed by atoms with van der Waals surface area (Å²) in [6.45, 7) is 1.99. The summed E-state index contributed by atoms with van der Waals surface area (Å²) >= 11 is 0. The zero-order valence-electron chi connectivity index (χ0n) is 16.9. The van der Waals surface area contributed by atoms with Crippen LogP contribution < -0.4 is 5.32 Å². The van der Waals surface area contributed by atoms with Crippen molar-refractivity contribution in [2.24, 2.45) is 0 Å². The maximum Gasteiger partial charge on any atom is 0.151 e. The number of aromatic nitrogens is 1. The van der Waals surface area contributed by atoms with Crippen LogP contribution in [0.25, 0.3) is 10.9 Å². The lowest BCUT2D eigenvalue weighted by Crippen LogP contribution is -2.41. The Morgan fingerprint density at radius 1 is 1.13 bits per heavy atom. The maximum absolute atomic E-state index is 12.6. The fraction of sp³-hybridized carbons (Fsp3) is 0.333. The summed E-state index contributed by atoms with van der Waals surface area (Å²) in [5.74, 6) is 0.373. The SMILES string of the molecule is O=C(Cc1ccc2ncccc2c1)CN1CCC(Nc2c(O)cccc2CO)CC1. The van der Waals surface area contributed by atoms with E-state index in [4.69, 9.17) is 0 Å². The normalized spacial score (nSPS) is 15.4. The van der Waals surface area contributed by atoms with Gasteiger partial charge in [-0.1, -0.05) is 24.3 Å². The number of nitrogens with one attached hydrogen (secondary N) is 1. The number of ketones is 1. The second-order valence-electron chi connectivity index (χ2n) is 7.91. The van der Waals surface area contributed by atoms with Crippen molar-refractivity contribution in [3.8, 4) is 5.75 Å². The second kappa shape index (κ2) is 9.24. The molecule has 0 atom stereocenters. The molecule has 0 amide bonds. The number of hydrogen-bond donors (Lipinski definition) is 3. The molecule has 2 heterocycles. The first-order chi connectivity index (χ1) is 14.6. The first-order valence-corrected chi connectivity index (χ1v) is 10.4. The Bertz CT molecular complexity index is 1030. The van der Waals surface area contributed by atoms with E-state index in [1.165, 1.54) is 0 Å². The number of nitrogens with zero attached hydrogens (tertiary/aromatic N) is 2. The van der Waals surface area contributed by atoms with E-state index in [1.54, 1.807) is 24.4 Å². The van der Waals surface area contributed by atoms with E-state index in [1.807, 2.05) is 30.3 Å². The molecule has 0 radical (unpaired) electrons. The Morgan fingerprint density at radius 2 is 1.97 bits per heavy atom. The summed E-state index contributed by atoms with van der Waals surface area (Å²) in [7, 11) is 0.